The highest BCUT2D eigenvalue weighted by molar-refractivity contribution is 5.89. The fraction of sp³-hybridized carbons (Fsp3) is 0.158. The number of aromatic nitrogens is 3. The standard InChI is InChI=1S/C19H14F3N3O3/c1-24-10-14(13-4-2-3-5-16(13)24)18(28,19(20,21)22)12-6-7-15-11(8-12)9-23-25(15)17(26)27/h2-10,28H,1H3,(H,26,27). The summed E-state index contributed by atoms with van der Waals surface area (Å²) >= 11 is 0. The summed E-state index contributed by atoms with van der Waals surface area (Å²) in [5, 5.41) is 24.2. The van der Waals surface area contributed by atoms with Gasteiger partial charge in [0.15, 0.2) is 0 Å². The number of fused-ring (bicyclic) bond motifs is 2. The van der Waals surface area contributed by atoms with Crippen molar-refractivity contribution in [3.8, 4) is 0 Å². The molecule has 0 spiro atoms. The number of halogens is 3. The summed E-state index contributed by atoms with van der Waals surface area (Å²) in [6, 6.07) is 9.86. The Hall–Kier alpha value is -3.33. The van der Waals surface area contributed by atoms with Crippen molar-refractivity contribution in [3.05, 3.63) is 66.0 Å². The van der Waals surface area contributed by atoms with Crippen LogP contribution in [0.1, 0.15) is 11.1 Å². The van der Waals surface area contributed by atoms with Crippen molar-refractivity contribution >= 4 is 27.9 Å². The fourth-order valence-electron chi connectivity index (χ4n) is 3.51. The number of carboxylic acid groups (broad SMARTS) is 1. The lowest BCUT2D eigenvalue weighted by molar-refractivity contribution is -0.247. The van der Waals surface area contributed by atoms with E-state index in [1.807, 2.05) is 0 Å². The summed E-state index contributed by atoms with van der Waals surface area (Å²) in [6.07, 6.45) is -3.98. The smallest absolute Gasteiger partial charge is 0.432 e. The first kappa shape index (κ1) is 18.1. The molecule has 0 aliphatic rings. The first-order chi connectivity index (χ1) is 13.1. The number of carbonyl (C=O) groups is 1. The van der Waals surface area contributed by atoms with Gasteiger partial charge in [-0.05, 0) is 23.8 Å². The van der Waals surface area contributed by atoms with Crippen molar-refractivity contribution in [2.75, 3.05) is 0 Å². The van der Waals surface area contributed by atoms with Gasteiger partial charge < -0.3 is 14.8 Å². The Morgan fingerprint density at radius 2 is 1.82 bits per heavy atom. The number of rotatable bonds is 2. The van der Waals surface area contributed by atoms with Gasteiger partial charge in [0.25, 0.3) is 0 Å². The van der Waals surface area contributed by atoms with E-state index in [1.165, 1.54) is 22.9 Å². The SMILES string of the molecule is Cn1cc(C(O)(c2ccc3c(cnn3C(=O)O)c2)C(F)(F)F)c2ccccc21. The molecule has 4 rings (SSSR count). The number of hydrogen-bond acceptors (Lipinski definition) is 3. The largest absolute Gasteiger partial charge is 0.463 e. The van der Waals surface area contributed by atoms with Crippen molar-refractivity contribution in [2.45, 2.75) is 11.8 Å². The maximum atomic E-state index is 14.2. The number of benzene rings is 2. The molecule has 0 amide bonds. The molecule has 9 heteroatoms. The Morgan fingerprint density at radius 3 is 2.50 bits per heavy atom. The number of hydrogen-bond donors (Lipinski definition) is 2. The third-order valence-electron chi connectivity index (χ3n) is 4.86. The Morgan fingerprint density at radius 1 is 1.11 bits per heavy atom. The Balaban J connectivity index is 2.01. The number of alkyl halides is 3. The van der Waals surface area contributed by atoms with Gasteiger partial charge in [0.2, 0.25) is 5.60 Å². The minimum atomic E-state index is -5.02. The zero-order valence-electron chi connectivity index (χ0n) is 14.5. The molecule has 2 aromatic carbocycles. The Bertz CT molecular complexity index is 1230. The molecule has 1 unspecified atom stereocenters. The average Bonchev–Trinajstić information content (AvgIpc) is 3.21. The van der Waals surface area contributed by atoms with Crippen LogP contribution in [-0.4, -0.2) is 36.8 Å². The van der Waals surface area contributed by atoms with Crippen LogP contribution in [0.25, 0.3) is 21.8 Å². The Labute approximate surface area is 156 Å². The maximum absolute atomic E-state index is 14.2. The van der Waals surface area contributed by atoms with E-state index in [4.69, 9.17) is 5.11 Å². The summed E-state index contributed by atoms with van der Waals surface area (Å²) in [5.41, 5.74) is -3.34. The van der Waals surface area contributed by atoms with Gasteiger partial charge in [-0.25, -0.2) is 4.79 Å². The lowest BCUT2D eigenvalue weighted by atomic mass is 9.85. The second-order valence-corrected chi connectivity index (χ2v) is 6.49. The van der Waals surface area contributed by atoms with Gasteiger partial charge in [0.1, 0.15) is 0 Å². The quantitative estimate of drug-likeness (QED) is 0.546. The first-order valence-corrected chi connectivity index (χ1v) is 8.20. The van der Waals surface area contributed by atoms with E-state index in [0.29, 0.717) is 10.2 Å². The van der Waals surface area contributed by atoms with Crippen LogP contribution in [0.5, 0.6) is 0 Å². The van der Waals surface area contributed by atoms with Crippen molar-refractivity contribution in [1.82, 2.24) is 14.3 Å². The summed E-state index contributed by atoms with van der Waals surface area (Å²) in [4.78, 5) is 11.2. The molecule has 4 aromatic rings. The van der Waals surface area contributed by atoms with E-state index in [9.17, 15) is 23.1 Å². The molecule has 0 fully saturated rings. The maximum Gasteiger partial charge on any atom is 0.432 e. The molecule has 0 bridgehead atoms. The molecule has 28 heavy (non-hydrogen) atoms. The minimum absolute atomic E-state index is 0.124. The van der Waals surface area contributed by atoms with Gasteiger partial charge in [0, 0.05) is 35.1 Å². The summed E-state index contributed by atoms with van der Waals surface area (Å²) < 4.78 is 44.7. The molecular formula is C19H14F3N3O3. The van der Waals surface area contributed by atoms with Crippen LogP contribution in [0, 0.1) is 0 Å². The normalized spacial score (nSPS) is 14.5. The molecule has 1 atom stereocenters. The third kappa shape index (κ3) is 2.40. The van der Waals surface area contributed by atoms with E-state index >= 15 is 0 Å². The predicted molar refractivity (Wildman–Crippen MR) is 95.1 cm³/mol. The van der Waals surface area contributed by atoms with Crippen LogP contribution in [-0.2, 0) is 12.6 Å². The van der Waals surface area contributed by atoms with Gasteiger partial charge >= 0.3 is 12.3 Å². The monoisotopic (exact) mass is 389 g/mol. The second kappa shape index (κ2) is 5.83. The lowest BCUT2D eigenvalue weighted by Crippen LogP contribution is -2.43. The fourth-order valence-corrected chi connectivity index (χ4v) is 3.51. The zero-order chi connectivity index (χ0) is 20.3. The molecule has 144 valence electrons. The molecule has 2 N–H and O–H groups in total. The molecule has 0 radical (unpaired) electrons. The third-order valence-corrected chi connectivity index (χ3v) is 4.86. The molecular weight excluding hydrogens is 375 g/mol. The van der Waals surface area contributed by atoms with Gasteiger partial charge in [0.05, 0.1) is 11.7 Å². The molecule has 0 saturated carbocycles. The van der Waals surface area contributed by atoms with Crippen LogP contribution in [0.4, 0.5) is 18.0 Å². The molecule has 2 aromatic heterocycles. The van der Waals surface area contributed by atoms with Crippen molar-refractivity contribution in [3.63, 3.8) is 0 Å². The van der Waals surface area contributed by atoms with Gasteiger partial charge in [-0.3, -0.25) is 0 Å². The van der Waals surface area contributed by atoms with Gasteiger partial charge in [-0.15, -0.1) is 0 Å². The van der Waals surface area contributed by atoms with Crippen molar-refractivity contribution < 1.29 is 28.2 Å². The number of aliphatic hydroxyl groups is 1. The summed E-state index contributed by atoms with van der Waals surface area (Å²) in [5.74, 6) is 0. The van der Waals surface area contributed by atoms with Gasteiger partial charge in [-0.1, -0.05) is 24.3 Å². The Kier molecular flexibility index (Phi) is 3.76. The van der Waals surface area contributed by atoms with Crippen LogP contribution in [0.3, 0.4) is 0 Å². The van der Waals surface area contributed by atoms with E-state index in [1.54, 1.807) is 25.2 Å². The molecule has 0 saturated heterocycles. The number of aryl methyl sites for hydroxylation is 1. The molecule has 6 nitrogen and oxygen atoms in total. The second-order valence-electron chi connectivity index (χ2n) is 6.49. The molecule has 2 heterocycles. The molecule has 0 aliphatic heterocycles. The lowest BCUT2D eigenvalue weighted by Gasteiger charge is -2.31. The average molecular weight is 389 g/mol. The van der Waals surface area contributed by atoms with Crippen molar-refractivity contribution in [2.24, 2.45) is 7.05 Å². The highest BCUT2D eigenvalue weighted by Gasteiger charge is 2.57. The highest BCUT2D eigenvalue weighted by Crippen LogP contribution is 2.47. The van der Waals surface area contributed by atoms with Crippen LogP contribution < -0.4 is 0 Å². The van der Waals surface area contributed by atoms with E-state index in [0.717, 1.165) is 18.3 Å². The summed E-state index contributed by atoms with van der Waals surface area (Å²) in [7, 11) is 1.60. The minimum Gasteiger partial charge on any atom is -0.463 e. The highest BCUT2D eigenvalue weighted by atomic mass is 19.4. The van der Waals surface area contributed by atoms with Crippen LogP contribution >= 0.6 is 0 Å². The van der Waals surface area contributed by atoms with Crippen LogP contribution in [0.15, 0.2) is 54.9 Å². The summed E-state index contributed by atoms with van der Waals surface area (Å²) in [6.45, 7) is 0. The van der Waals surface area contributed by atoms with E-state index in [-0.39, 0.29) is 21.9 Å². The zero-order valence-corrected chi connectivity index (χ0v) is 14.5. The van der Waals surface area contributed by atoms with Gasteiger partial charge in [-0.2, -0.15) is 23.0 Å². The number of para-hydroxylation sites is 1. The first-order valence-electron chi connectivity index (χ1n) is 8.20. The van der Waals surface area contributed by atoms with Crippen molar-refractivity contribution in [1.29, 1.82) is 0 Å². The van der Waals surface area contributed by atoms with E-state index < -0.39 is 23.4 Å². The molecule has 0 aliphatic carbocycles. The van der Waals surface area contributed by atoms with Crippen LogP contribution in [0.2, 0.25) is 0 Å². The topological polar surface area (TPSA) is 80.3 Å². The number of nitrogens with zero attached hydrogens (tertiary/aromatic N) is 3. The predicted octanol–water partition coefficient (Wildman–Crippen LogP) is 3.85. The van der Waals surface area contributed by atoms with E-state index in [2.05, 4.69) is 5.10 Å².